The van der Waals surface area contributed by atoms with E-state index in [1.165, 1.54) is 186 Å². The van der Waals surface area contributed by atoms with Crippen molar-refractivity contribution in [1.82, 2.24) is 5.32 Å². The molecule has 0 aromatic rings. The average molecular weight is 788 g/mol. The third-order valence-corrected chi connectivity index (χ3v) is 11.4. The third-order valence-electron chi connectivity index (χ3n) is 11.4. The number of nitrogens with one attached hydrogen (secondary N) is 1. The largest absolute Gasteiger partial charge is 0.394 e. The molecule has 0 aliphatic heterocycles. The third kappa shape index (κ3) is 40.8. The van der Waals surface area contributed by atoms with Crippen molar-refractivity contribution in [3.8, 4) is 0 Å². The van der Waals surface area contributed by atoms with E-state index >= 15 is 0 Å². The van der Waals surface area contributed by atoms with Crippen LogP contribution in [0.25, 0.3) is 0 Å². The Morgan fingerprint density at radius 3 is 1.09 bits per heavy atom. The second-order valence-corrected chi connectivity index (χ2v) is 17.0. The number of hydrogen-bond donors (Lipinski definition) is 4. The Balaban J connectivity index is 3.66. The Morgan fingerprint density at radius 1 is 0.429 bits per heavy atom. The van der Waals surface area contributed by atoms with Crippen molar-refractivity contribution in [3.63, 3.8) is 0 Å². The van der Waals surface area contributed by atoms with Gasteiger partial charge in [0, 0.05) is 6.42 Å². The fourth-order valence-corrected chi connectivity index (χ4v) is 7.59. The maximum atomic E-state index is 12.5. The van der Waals surface area contributed by atoms with E-state index in [0.29, 0.717) is 12.8 Å². The fraction of sp³-hybridized carbons (Fsp3) is 0.863. The molecule has 0 fully saturated rings. The molecule has 1 amide bonds. The molecule has 0 saturated heterocycles. The SMILES string of the molecule is CCCCCCCCCC/C=C\CCCCCCCCCC(=O)NC(CO)C(O)C(O)CCC/C=C/CC/C=C/CCCCCCCCCCCCCCCC. The molecule has 5 heteroatoms. The van der Waals surface area contributed by atoms with E-state index in [1.807, 2.05) is 0 Å². The summed E-state index contributed by atoms with van der Waals surface area (Å²) in [5, 5.41) is 33.6. The first-order valence-corrected chi connectivity index (χ1v) is 24.8. The van der Waals surface area contributed by atoms with E-state index < -0.39 is 18.2 Å². The molecule has 0 spiro atoms. The molecular weight excluding hydrogens is 691 g/mol. The van der Waals surface area contributed by atoms with Gasteiger partial charge in [-0.05, 0) is 77.0 Å². The van der Waals surface area contributed by atoms with Gasteiger partial charge < -0.3 is 20.6 Å². The van der Waals surface area contributed by atoms with Crippen LogP contribution in [0.4, 0.5) is 0 Å². The molecule has 0 rings (SSSR count). The molecule has 3 unspecified atom stereocenters. The van der Waals surface area contributed by atoms with Crippen LogP contribution in [0, 0.1) is 0 Å². The van der Waals surface area contributed by atoms with Gasteiger partial charge >= 0.3 is 0 Å². The molecule has 0 aliphatic carbocycles. The number of carbonyl (C=O) groups excluding carboxylic acids is 1. The highest BCUT2D eigenvalue weighted by Gasteiger charge is 2.26. The van der Waals surface area contributed by atoms with Crippen LogP contribution in [0.1, 0.15) is 258 Å². The number of aliphatic hydroxyl groups excluding tert-OH is 3. The second-order valence-electron chi connectivity index (χ2n) is 17.0. The average Bonchev–Trinajstić information content (AvgIpc) is 3.20. The second kappa shape index (κ2) is 46.3. The lowest BCUT2D eigenvalue weighted by Crippen LogP contribution is -2.50. The first kappa shape index (κ1) is 54.6. The van der Waals surface area contributed by atoms with Gasteiger partial charge in [-0.2, -0.15) is 0 Å². The van der Waals surface area contributed by atoms with Gasteiger partial charge in [-0.15, -0.1) is 0 Å². The molecule has 3 atom stereocenters. The number of amides is 1. The van der Waals surface area contributed by atoms with Gasteiger partial charge in [0.25, 0.3) is 0 Å². The van der Waals surface area contributed by atoms with E-state index in [2.05, 4.69) is 55.6 Å². The molecule has 0 aliphatic rings. The molecule has 5 nitrogen and oxygen atoms in total. The van der Waals surface area contributed by atoms with Gasteiger partial charge in [0.15, 0.2) is 0 Å². The van der Waals surface area contributed by atoms with E-state index in [9.17, 15) is 20.1 Å². The standard InChI is InChI=1S/C51H97NO4/c1-3-5-7-9-11-13-15-17-19-21-23-24-25-26-28-29-31-33-35-37-39-41-43-45-49(54)51(56)48(47-53)52-50(55)46-44-42-40-38-36-34-32-30-27-22-20-18-16-14-12-10-8-6-4-2/h22,27,29,31,37,39,48-49,51,53-54,56H,3-21,23-26,28,30,32-36,38,40-47H2,1-2H3,(H,52,55)/b27-22-,31-29+,39-37+. The zero-order valence-corrected chi connectivity index (χ0v) is 37.5. The maximum Gasteiger partial charge on any atom is 0.220 e. The maximum absolute atomic E-state index is 12.5. The van der Waals surface area contributed by atoms with Gasteiger partial charge in [-0.25, -0.2) is 0 Å². The van der Waals surface area contributed by atoms with E-state index in [1.54, 1.807) is 0 Å². The van der Waals surface area contributed by atoms with E-state index in [4.69, 9.17) is 0 Å². The van der Waals surface area contributed by atoms with Gasteiger partial charge in [-0.3, -0.25) is 4.79 Å². The monoisotopic (exact) mass is 788 g/mol. The number of rotatable bonds is 45. The number of allylic oxidation sites excluding steroid dienone is 6. The first-order chi connectivity index (χ1) is 27.6. The molecule has 0 aromatic heterocycles. The van der Waals surface area contributed by atoms with Crippen LogP contribution in [0.5, 0.6) is 0 Å². The summed E-state index contributed by atoms with van der Waals surface area (Å²) < 4.78 is 0. The molecule has 0 radical (unpaired) electrons. The summed E-state index contributed by atoms with van der Waals surface area (Å²) in [6, 6.07) is -0.835. The normalized spacial score (nSPS) is 13.7. The molecule has 4 N–H and O–H groups in total. The minimum absolute atomic E-state index is 0.161. The lowest BCUT2D eigenvalue weighted by Gasteiger charge is -2.26. The first-order valence-electron chi connectivity index (χ1n) is 24.8. The summed E-state index contributed by atoms with van der Waals surface area (Å²) in [6.45, 7) is 4.18. The minimum atomic E-state index is -1.17. The zero-order chi connectivity index (χ0) is 40.8. The summed E-state index contributed by atoms with van der Waals surface area (Å²) in [5.74, 6) is -0.161. The van der Waals surface area contributed by atoms with Crippen molar-refractivity contribution in [2.24, 2.45) is 0 Å². The van der Waals surface area contributed by atoms with Crippen LogP contribution in [0.2, 0.25) is 0 Å². The Labute approximate surface area is 349 Å². The van der Waals surface area contributed by atoms with Gasteiger partial charge in [0.05, 0.1) is 18.8 Å². The molecule has 0 saturated carbocycles. The summed E-state index contributed by atoms with van der Waals surface area (Å²) in [4.78, 5) is 12.5. The van der Waals surface area contributed by atoms with E-state index in [0.717, 1.165) is 44.9 Å². The molecule has 56 heavy (non-hydrogen) atoms. The lowest BCUT2D eigenvalue weighted by molar-refractivity contribution is -0.124. The quantitative estimate of drug-likeness (QED) is 0.0365. The van der Waals surface area contributed by atoms with Crippen molar-refractivity contribution in [2.45, 2.75) is 276 Å². The fourth-order valence-electron chi connectivity index (χ4n) is 7.59. The Hall–Kier alpha value is -1.43. The van der Waals surface area contributed by atoms with Crippen molar-refractivity contribution < 1.29 is 20.1 Å². The molecule has 0 heterocycles. The highest BCUT2D eigenvalue weighted by atomic mass is 16.3. The summed E-state index contributed by atoms with van der Waals surface area (Å²) in [6.07, 6.45) is 58.4. The Bertz CT molecular complexity index is 870. The van der Waals surface area contributed by atoms with Crippen LogP contribution >= 0.6 is 0 Å². The Morgan fingerprint density at radius 2 is 0.732 bits per heavy atom. The number of hydrogen-bond acceptors (Lipinski definition) is 4. The summed E-state index contributed by atoms with van der Waals surface area (Å²) in [5.41, 5.74) is 0. The summed E-state index contributed by atoms with van der Waals surface area (Å²) >= 11 is 0. The smallest absolute Gasteiger partial charge is 0.220 e. The van der Waals surface area contributed by atoms with Crippen LogP contribution in [0.3, 0.4) is 0 Å². The van der Waals surface area contributed by atoms with Crippen molar-refractivity contribution in [3.05, 3.63) is 36.5 Å². The number of carbonyl (C=O) groups is 1. The van der Waals surface area contributed by atoms with Crippen molar-refractivity contribution in [2.75, 3.05) is 6.61 Å². The molecule has 0 aromatic carbocycles. The van der Waals surface area contributed by atoms with E-state index in [-0.39, 0.29) is 12.5 Å². The van der Waals surface area contributed by atoms with Gasteiger partial charge in [-0.1, -0.05) is 211 Å². The van der Waals surface area contributed by atoms with Crippen molar-refractivity contribution in [1.29, 1.82) is 0 Å². The predicted octanol–water partition coefficient (Wildman–Crippen LogP) is 14.7. The highest BCUT2D eigenvalue weighted by Crippen LogP contribution is 2.15. The van der Waals surface area contributed by atoms with Crippen LogP contribution < -0.4 is 5.32 Å². The molecular formula is C51H97NO4. The van der Waals surface area contributed by atoms with Crippen molar-refractivity contribution >= 4 is 5.91 Å². The van der Waals surface area contributed by atoms with Crippen LogP contribution in [0.15, 0.2) is 36.5 Å². The molecule has 330 valence electrons. The molecule has 0 bridgehead atoms. The van der Waals surface area contributed by atoms with Gasteiger partial charge in [0.1, 0.15) is 6.10 Å². The topological polar surface area (TPSA) is 89.8 Å². The predicted molar refractivity (Wildman–Crippen MR) is 245 cm³/mol. The lowest BCUT2D eigenvalue weighted by atomic mass is 10.0. The Kier molecular flexibility index (Phi) is 45.1. The van der Waals surface area contributed by atoms with Gasteiger partial charge in [0.2, 0.25) is 5.91 Å². The zero-order valence-electron chi connectivity index (χ0n) is 37.5. The van der Waals surface area contributed by atoms with Crippen LogP contribution in [-0.2, 0) is 4.79 Å². The minimum Gasteiger partial charge on any atom is -0.394 e. The number of aliphatic hydroxyl groups is 3. The summed E-state index contributed by atoms with van der Waals surface area (Å²) in [7, 11) is 0. The van der Waals surface area contributed by atoms with Crippen LogP contribution in [-0.4, -0.2) is 46.1 Å². The highest BCUT2D eigenvalue weighted by molar-refractivity contribution is 5.76. The number of unbranched alkanes of at least 4 members (excludes halogenated alkanes) is 31.